The van der Waals surface area contributed by atoms with Gasteiger partial charge in [-0.25, -0.2) is 0 Å². The van der Waals surface area contributed by atoms with E-state index >= 15 is 0 Å². The summed E-state index contributed by atoms with van der Waals surface area (Å²) in [5.74, 6) is 1.44. The molecule has 0 N–H and O–H groups in total. The van der Waals surface area contributed by atoms with Gasteiger partial charge in [-0.2, -0.15) is 5.10 Å². The molecule has 1 atom stereocenters. The van der Waals surface area contributed by atoms with Crippen LogP contribution in [0.15, 0.2) is 18.5 Å². The molecule has 0 aliphatic carbocycles. The molecule has 1 heterocycles. The van der Waals surface area contributed by atoms with Gasteiger partial charge < -0.3 is 0 Å². The summed E-state index contributed by atoms with van der Waals surface area (Å²) in [7, 11) is -0.672. The highest BCUT2D eigenvalue weighted by Crippen LogP contribution is 1.87. The number of nitrogens with zero attached hydrogens (tertiary/aromatic N) is 2. The molecule has 1 rings (SSSR count). The minimum atomic E-state index is -0.672. The van der Waals surface area contributed by atoms with Gasteiger partial charge in [0.15, 0.2) is 0 Å². The largest absolute Gasteiger partial charge is 0.272 e. The summed E-state index contributed by atoms with van der Waals surface area (Å²) in [6.45, 7) is 2.69. The van der Waals surface area contributed by atoms with Crippen molar-refractivity contribution in [2.45, 2.75) is 13.5 Å². The van der Waals surface area contributed by atoms with Crippen LogP contribution in [0.2, 0.25) is 0 Å². The van der Waals surface area contributed by atoms with Crippen LogP contribution in [0.5, 0.6) is 0 Å². The SMILES string of the molecule is CCS(=O)CCn1cccn1. The fraction of sp³-hybridized carbons (Fsp3) is 0.571. The van der Waals surface area contributed by atoms with Gasteiger partial charge in [0.05, 0.1) is 6.54 Å². The van der Waals surface area contributed by atoms with E-state index in [1.54, 1.807) is 10.9 Å². The minimum absolute atomic E-state index is 0.672. The van der Waals surface area contributed by atoms with Gasteiger partial charge in [-0.15, -0.1) is 0 Å². The Labute approximate surface area is 68.9 Å². The van der Waals surface area contributed by atoms with E-state index in [9.17, 15) is 4.21 Å². The lowest BCUT2D eigenvalue weighted by Crippen LogP contribution is -2.08. The highest BCUT2D eigenvalue weighted by molar-refractivity contribution is 7.84. The maximum atomic E-state index is 11.0. The Balaban J connectivity index is 2.29. The summed E-state index contributed by atoms with van der Waals surface area (Å²) < 4.78 is 12.8. The average molecular weight is 172 g/mol. The molecular formula is C7H12N2OS. The normalized spacial score (nSPS) is 13.2. The van der Waals surface area contributed by atoms with Crippen LogP contribution in [0.3, 0.4) is 0 Å². The number of rotatable bonds is 4. The van der Waals surface area contributed by atoms with Crippen molar-refractivity contribution in [3.8, 4) is 0 Å². The summed E-state index contributed by atoms with van der Waals surface area (Å²) in [6.07, 6.45) is 3.61. The topological polar surface area (TPSA) is 34.9 Å². The van der Waals surface area contributed by atoms with Crippen LogP contribution in [0.1, 0.15) is 6.92 Å². The standard InChI is InChI=1S/C7H12N2OS/c1-2-11(10)7-6-9-5-3-4-8-9/h3-5H,2,6-7H2,1H3. The lowest BCUT2D eigenvalue weighted by Gasteiger charge is -1.98. The van der Waals surface area contributed by atoms with Crippen molar-refractivity contribution < 1.29 is 4.21 Å². The number of hydrogen-bond acceptors (Lipinski definition) is 2. The fourth-order valence-electron chi connectivity index (χ4n) is 0.772. The Morgan fingerprint density at radius 1 is 1.64 bits per heavy atom. The molecule has 3 nitrogen and oxygen atoms in total. The first-order valence-electron chi connectivity index (χ1n) is 3.65. The summed E-state index contributed by atoms with van der Waals surface area (Å²) >= 11 is 0. The highest BCUT2D eigenvalue weighted by atomic mass is 32.2. The zero-order valence-corrected chi connectivity index (χ0v) is 7.38. The van der Waals surface area contributed by atoms with Crippen molar-refractivity contribution in [1.29, 1.82) is 0 Å². The molecule has 1 aromatic heterocycles. The summed E-state index contributed by atoms with van der Waals surface area (Å²) in [5.41, 5.74) is 0. The van der Waals surface area contributed by atoms with Crippen LogP contribution in [0, 0.1) is 0 Å². The van der Waals surface area contributed by atoms with Gasteiger partial charge in [0.1, 0.15) is 0 Å². The zero-order chi connectivity index (χ0) is 8.10. The Morgan fingerprint density at radius 2 is 2.45 bits per heavy atom. The molecule has 4 heteroatoms. The Bertz CT molecular complexity index is 220. The molecule has 1 aromatic rings. The number of aromatic nitrogens is 2. The molecule has 0 saturated carbocycles. The lowest BCUT2D eigenvalue weighted by atomic mass is 10.7. The number of hydrogen-bond donors (Lipinski definition) is 0. The number of aryl methyl sites for hydroxylation is 1. The van der Waals surface area contributed by atoms with Crippen molar-refractivity contribution >= 4 is 10.8 Å². The molecule has 0 spiro atoms. The van der Waals surface area contributed by atoms with Crippen LogP contribution < -0.4 is 0 Å². The van der Waals surface area contributed by atoms with E-state index in [0.29, 0.717) is 5.75 Å². The summed E-state index contributed by atoms with van der Waals surface area (Å²) in [5, 5.41) is 4.00. The third-order valence-corrected chi connectivity index (χ3v) is 2.71. The molecule has 0 aliphatic heterocycles. The van der Waals surface area contributed by atoms with Crippen LogP contribution in [-0.4, -0.2) is 25.5 Å². The molecule has 0 saturated heterocycles. The Morgan fingerprint density at radius 3 is 3.00 bits per heavy atom. The highest BCUT2D eigenvalue weighted by Gasteiger charge is 1.95. The first-order valence-corrected chi connectivity index (χ1v) is 5.14. The van der Waals surface area contributed by atoms with Gasteiger partial charge in [-0.3, -0.25) is 8.89 Å². The molecule has 0 bridgehead atoms. The van der Waals surface area contributed by atoms with Crippen molar-refractivity contribution in [2.75, 3.05) is 11.5 Å². The molecule has 0 fully saturated rings. The fourth-order valence-corrected chi connectivity index (χ4v) is 1.45. The second kappa shape index (κ2) is 4.28. The van der Waals surface area contributed by atoms with Crippen molar-refractivity contribution in [1.82, 2.24) is 9.78 Å². The molecular weight excluding hydrogens is 160 g/mol. The molecule has 0 radical (unpaired) electrons. The predicted molar refractivity (Wildman–Crippen MR) is 45.8 cm³/mol. The van der Waals surface area contributed by atoms with Gasteiger partial charge >= 0.3 is 0 Å². The van der Waals surface area contributed by atoms with Crippen LogP contribution in [0.25, 0.3) is 0 Å². The first kappa shape index (κ1) is 8.46. The van der Waals surface area contributed by atoms with Crippen LogP contribution in [0.4, 0.5) is 0 Å². The molecule has 1 unspecified atom stereocenters. The predicted octanol–water partition coefficient (Wildman–Crippen LogP) is 0.652. The average Bonchev–Trinajstić information content (AvgIpc) is 2.52. The molecule has 0 aromatic carbocycles. The van der Waals surface area contributed by atoms with E-state index in [4.69, 9.17) is 0 Å². The molecule has 11 heavy (non-hydrogen) atoms. The summed E-state index contributed by atoms with van der Waals surface area (Å²) in [4.78, 5) is 0. The van der Waals surface area contributed by atoms with E-state index in [2.05, 4.69) is 5.10 Å². The van der Waals surface area contributed by atoms with Gasteiger partial charge in [0.25, 0.3) is 0 Å². The van der Waals surface area contributed by atoms with E-state index in [1.807, 2.05) is 19.2 Å². The zero-order valence-electron chi connectivity index (χ0n) is 6.56. The maximum Gasteiger partial charge on any atom is 0.0524 e. The van der Waals surface area contributed by atoms with E-state index in [0.717, 1.165) is 12.3 Å². The van der Waals surface area contributed by atoms with E-state index in [-0.39, 0.29) is 0 Å². The van der Waals surface area contributed by atoms with Crippen LogP contribution in [-0.2, 0) is 17.3 Å². The first-order chi connectivity index (χ1) is 5.33. The van der Waals surface area contributed by atoms with Crippen LogP contribution >= 0.6 is 0 Å². The minimum Gasteiger partial charge on any atom is -0.272 e. The smallest absolute Gasteiger partial charge is 0.0524 e. The molecule has 0 aliphatic rings. The second-order valence-electron chi connectivity index (χ2n) is 2.20. The van der Waals surface area contributed by atoms with Gasteiger partial charge in [0, 0.05) is 34.7 Å². The lowest BCUT2D eigenvalue weighted by molar-refractivity contribution is 0.644. The van der Waals surface area contributed by atoms with Gasteiger partial charge in [0.2, 0.25) is 0 Å². The van der Waals surface area contributed by atoms with Gasteiger partial charge in [-0.05, 0) is 6.07 Å². The Kier molecular flexibility index (Phi) is 3.29. The van der Waals surface area contributed by atoms with Crippen molar-refractivity contribution in [3.05, 3.63) is 18.5 Å². The quantitative estimate of drug-likeness (QED) is 0.668. The summed E-state index contributed by atoms with van der Waals surface area (Å²) in [6, 6.07) is 1.87. The van der Waals surface area contributed by atoms with E-state index in [1.165, 1.54) is 0 Å². The third-order valence-electron chi connectivity index (χ3n) is 1.43. The van der Waals surface area contributed by atoms with Gasteiger partial charge in [-0.1, -0.05) is 6.92 Å². The van der Waals surface area contributed by atoms with Crippen molar-refractivity contribution in [3.63, 3.8) is 0 Å². The third kappa shape index (κ3) is 2.84. The molecule has 0 amide bonds. The maximum absolute atomic E-state index is 11.0. The molecule has 62 valence electrons. The Hall–Kier alpha value is -0.640. The van der Waals surface area contributed by atoms with Crippen molar-refractivity contribution in [2.24, 2.45) is 0 Å². The monoisotopic (exact) mass is 172 g/mol. The van der Waals surface area contributed by atoms with E-state index < -0.39 is 10.8 Å². The second-order valence-corrected chi connectivity index (χ2v) is 4.07.